The molecule has 12 heavy (non-hydrogen) atoms. The van der Waals surface area contributed by atoms with Gasteiger partial charge in [-0.2, -0.15) is 3.69 Å². The average molecular weight is 255 g/mol. The molecule has 0 spiro atoms. The number of hydrogen-bond donors (Lipinski definition) is 0. The molecule has 0 amide bonds. The Balaban J connectivity index is 2.53. The van der Waals surface area contributed by atoms with Crippen molar-refractivity contribution in [2.24, 2.45) is 0 Å². The molecule has 1 rings (SSSR count). The predicted molar refractivity (Wildman–Crippen MR) is 61.8 cm³/mol. The van der Waals surface area contributed by atoms with Gasteiger partial charge in [-0.25, -0.2) is 0 Å². The molecule has 0 aliphatic heterocycles. The van der Waals surface area contributed by atoms with Crippen molar-refractivity contribution >= 4 is 46.5 Å². The van der Waals surface area contributed by atoms with E-state index in [4.69, 9.17) is 0 Å². The Morgan fingerprint density at radius 1 is 1.33 bits per heavy atom. The van der Waals surface area contributed by atoms with E-state index in [0.717, 1.165) is 0 Å². The zero-order valence-electron chi connectivity index (χ0n) is 7.22. The smallest absolute Gasteiger partial charge is 0.296 e. The number of thioether (sulfide) groups is 1. The molecule has 0 unspecified atom stereocenters. The summed E-state index contributed by atoms with van der Waals surface area (Å²) in [4.78, 5) is 1.40. The second kappa shape index (κ2) is 6.30. The lowest BCUT2D eigenvalue weighted by Crippen LogP contribution is -2.06. The van der Waals surface area contributed by atoms with Gasteiger partial charge in [-0.3, -0.25) is 12.9 Å². The Morgan fingerprint density at radius 2 is 2.00 bits per heavy atom. The van der Waals surface area contributed by atoms with Gasteiger partial charge in [-0.05, 0) is 12.2 Å². The van der Waals surface area contributed by atoms with Gasteiger partial charge in [0.05, 0.1) is 0 Å². The third kappa shape index (κ3) is 3.69. The lowest BCUT2D eigenvalue weighted by Gasteiger charge is -2.00. The summed E-state index contributed by atoms with van der Waals surface area (Å²) in [6, 6.07) is 8.92. The molecule has 0 N–H and O–H groups in total. The summed E-state index contributed by atoms with van der Waals surface area (Å²) >= 11 is 5.37. The maximum Gasteiger partial charge on any atom is 0.506 e. The molecule has 0 heterocycles. The van der Waals surface area contributed by atoms with Crippen LogP contribution in [-0.4, -0.2) is 23.9 Å². The summed E-state index contributed by atoms with van der Waals surface area (Å²) < 4.78 is 1.48. The quantitative estimate of drug-likeness (QED) is 0.589. The van der Waals surface area contributed by atoms with E-state index in [0.29, 0.717) is 0 Å². The molecule has 3 heteroatoms. The molecule has 0 fully saturated rings. The summed E-state index contributed by atoms with van der Waals surface area (Å²) in [7, 11) is 0. The number of rotatable bonds is 4. The lowest BCUT2D eigenvalue weighted by molar-refractivity contribution is 1.10. The topological polar surface area (TPSA) is 0 Å². The number of hydrogen-bond acceptors (Lipinski definition) is 1. The highest BCUT2D eigenvalue weighted by atomic mass is 79.9. The van der Waals surface area contributed by atoms with Crippen molar-refractivity contribution in [1.29, 1.82) is 0 Å². The van der Waals surface area contributed by atoms with E-state index in [-0.39, 0.29) is 18.2 Å². The normalized spacial score (nSPS) is 9.50. The largest absolute Gasteiger partial charge is 0.506 e. The molecule has 0 aliphatic rings. The highest BCUT2D eigenvalue weighted by Gasteiger charge is 1.95. The predicted octanol–water partition coefficient (Wildman–Crippen LogP) is 2.83. The average Bonchev–Trinajstić information content (AvgIpc) is 2.15. The Bertz CT molecular complexity index is 222. The molecular formula is C9H11BrMgS. The van der Waals surface area contributed by atoms with Gasteiger partial charge in [0.15, 0.2) is 0 Å². The van der Waals surface area contributed by atoms with Crippen molar-refractivity contribution in [3.63, 3.8) is 0 Å². The van der Waals surface area contributed by atoms with E-state index >= 15 is 0 Å². The van der Waals surface area contributed by atoms with Crippen LogP contribution >= 0.6 is 24.6 Å². The minimum Gasteiger partial charge on any atom is -0.296 e. The van der Waals surface area contributed by atoms with E-state index in [1.54, 1.807) is 0 Å². The lowest BCUT2D eigenvalue weighted by atomic mass is 10.4. The van der Waals surface area contributed by atoms with Crippen LogP contribution in [0.25, 0.3) is 0 Å². The van der Waals surface area contributed by atoms with Gasteiger partial charge in [-0.15, -0.1) is 11.8 Å². The minimum atomic E-state index is -0.141. The van der Waals surface area contributed by atoms with Crippen LogP contribution in [0.2, 0.25) is 0 Å². The first-order chi connectivity index (χ1) is 5.86. The number of benzene rings is 1. The molecule has 62 valence electrons. The van der Waals surface area contributed by atoms with Crippen molar-refractivity contribution in [2.45, 2.75) is 18.2 Å². The molecule has 0 saturated heterocycles. The fourth-order valence-corrected chi connectivity index (χ4v) is 3.20. The van der Waals surface area contributed by atoms with Crippen LogP contribution in [0.15, 0.2) is 29.2 Å². The van der Waals surface area contributed by atoms with E-state index in [9.17, 15) is 0 Å². The van der Waals surface area contributed by atoms with Crippen LogP contribution in [0.1, 0.15) is 13.3 Å². The van der Waals surface area contributed by atoms with E-state index < -0.39 is 0 Å². The van der Waals surface area contributed by atoms with Crippen molar-refractivity contribution in [3.8, 4) is 0 Å². The maximum absolute atomic E-state index is 3.57. The molecule has 0 nitrogen and oxygen atoms in total. The Labute approximate surface area is 94.1 Å². The molecule has 1 aromatic carbocycles. The molecule has 1 aromatic rings. The first kappa shape index (κ1) is 10.9. The summed E-state index contributed by atoms with van der Waals surface area (Å²) in [5.41, 5.74) is 0. The Morgan fingerprint density at radius 3 is 2.50 bits per heavy atom. The first-order valence-electron chi connectivity index (χ1n) is 4.14. The van der Waals surface area contributed by atoms with Gasteiger partial charge in [-0.1, -0.05) is 31.2 Å². The van der Waals surface area contributed by atoms with Crippen LogP contribution in [0.4, 0.5) is 0 Å². The maximum atomic E-state index is 3.57. The SMILES string of the molecule is CCCSc1cc[c]([Mg][Br])cc1. The Kier molecular flexibility index (Phi) is 5.72. The molecule has 0 radical (unpaired) electrons. The van der Waals surface area contributed by atoms with E-state index in [1.165, 1.54) is 20.8 Å². The summed E-state index contributed by atoms with van der Waals surface area (Å²) in [6.07, 6.45) is 1.25. The summed E-state index contributed by atoms with van der Waals surface area (Å²) in [6.45, 7) is 2.22. The second-order valence-electron chi connectivity index (χ2n) is 2.63. The van der Waals surface area contributed by atoms with Crippen LogP contribution in [0.5, 0.6) is 0 Å². The molecule has 0 aliphatic carbocycles. The van der Waals surface area contributed by atoms with Crippen LogP contribution in [0.3, 0.4) is 0 Å². The van der Waals surface area contributed by atoms with Crippen molar-refractivity contribution < 1.29 is 0 Å². The molecule has 0 atom stereocenters. The second-order valence-corrected chi connectivity index (χ2v) is 6.56. The zero-order valence-corrected chi connectivity index (χ0v) is 11.0. The highest BCUT2D eigenvalue weighted by Crippen LogP contribution is 2.16. The minimum absolute atomic E-state index is 0.141. The van der Waals surface area contributed by atoms with E-state index in [2.05, 4.69) is 44.1 Å². The standard InChI is InChI=1S/C9H11S.BrH.Mg/c1-2-8-10-9-6-4-3-5-7-9;;/h4-7H,2,8H2,1H3;1H;/q;;+1/p-1. The van der Waals surface area contributed by atoms with Gasteiger partial charge in [0.2, 0.25) is 0 Å². The highest BCUT2D eigenvalue weighted by molar-refractivity contribution is 9.23. The fraction of sp³-hybridized carbons (Fsp3) is 0.333. The summed E-state index contributed by atoms with van der Waals surface area (Å²) in [5, 5.41) is 0. The van der Waals surface area contributed by atoms with Crippen LogP contribution in [0, 0.1) is 0 Å². The van der Waals surface area contributed by atoms with Gasteiger partial charge in [0, 0.05) is 4.90 Å². The monoisotopic (exact) mass is 254 g/mol. The number of halogens is 1. The van der Waals surface area contributed by atoms with Crippen molar-refractivity contribution in [3.05, 3.63) is 24.3 Å². The Hall–Kier alpha value is 0.816. The van der Waals surface area contributed by atoms with Gasteiger partial charge in [0.25, 0.3) is 0 Å². The van der Waals surface area contributed by atoms with Crippen LogP contribution < -0.4 is 3.69 Å². The molecule has 0 saturated carbocycles. The van der Waals surface area contributed by atoms with E-state index in [1.807, 2.05) is 11.8 Å². The van der Waals surface area contributed by atoms with Crippen molar-refractivity contribution in [1.82, 2.24) is 0 Å². The van der Waals surface area contributed by atoms with Gasteiger partial charge in [0.1, 0.15) is 0 Å². The molecule has 0 aromatic heterocycles. The summed E-state index contributed by atoms with van der Waals surface area (Å²) in [5.74, 6) is 1.23. The third-order valence-corrected chi connectivity index (χ3v) is 5.49. The van der Waals surface area contributed by atoms with Gasteiger partial charge >= 0.3 is 18.2 Å². The first-order valence-corrected chi connectivity index (χ1v) is 9.73. The van der Waals surface area contributed by atoms with Crippen molar-refractivity contribution in [2.75, 3.05) is 5.75 Å². The zero-order chi connectivity index (χ0) is 8.81. The fourth-order valence-electron chi connectivity index (χ4n) is 0.895. The molecular weight excluding hydrogens is 244 g/mol. The molecule has 0 bridgehead atoms. The van der Waals surface area contributed by atoms with Gasteiger partial charge < -0.3 is 0 Å². The van der Waals surface area contributed by atoms with Crippen LogP contribution in [-0.2, 0) is 0 Å². The third-order valence-electron chi connectivity index (χ3n) is 1.55.